The van der Waals surface area contributed by atoms with Gasteiger partial charge in [-0.25, -0.2) is 4.98 Å². The van der Waals surface area contributed by atoms with E-state index in [2.05, 4.69) is 37.8 Å². The molecule has 0 unspecified atom stereocenters. The lowest BCUT2D eigenvalue weighted by atomic mass is 10.2. The summed E-state index contributed by atoms with van der Waals surface area (Å²) in [5, 5.41) is 0. The van der Waals surface area contributed by atoms with Crippen molar-refractivity contribution in [3.63, 3.8) is 0 Å². The Balaban J connectivity index is 2.78. The number of imidazole rings is 1. The lowest BCUT2D eigenvalue weighted by Gasteiger charge is -1.94. The van der Waals surface area contributed by atoms with Crippen molar-refractivity contribution in [1.82, 2.24) is 15.0 Å². The van der Waals surface area contributed by atoms with Gasteiger partial charge in [-0.3, -0.25) is 4.98 Å². The Hall–Kier alpha value is -0.900. The topological polar surface area (TPSA) is 41.6 Å². The molecule has 2 rings (SSSR count). The Morgan fingerprint density at radius 1 is 1.58 bits per heavy atom. The van der Waals surface area contributed by atoms with Crippen LogP contribution in [0.25, 0.3) is 11.0 Å². The molecule has 2 heterocycles. The van der Waals surface area contributed by atoms with Gasteiger partial charge in [0.05, 0.1) is 11.2 Å². The van der Waals surface area contributed by atoms with Gasteiger partial charge in [0.25, 0.3) is 0 Å². The summed E-state index contributed by atoms with van der Waals surface area (Å²) in [6.07, 6.45) is 2.71. The first-order valence-electron chi connectivity index (χ1n) is 3.80. The van der Waals surface area contributed by atoms with Crippen LogP contribution in [-0.2, 0) is 6.42 Å². The van der Waals surface area contributed by atoms with Crippen molar-refractivity contribution in [3.05, 3.63) is 22.7 Å². The third kappa shape index (κ3) is 1.12. The standard InChI is InChI=1S/C8H8BrN3/c1-2-5-7-6(3-4-10-5)11-8(9)12-7/h3-4H,2H2,1H3,(H,11,12). The Kier molecular flexibility index (Phi) is 1.84. The SMILES string of the molecule is CCc1nccc2[nH]c(Br)nc12. The average molecular weight is 226 g/mol. The Morgan fingerprint density at radius 2 is 2.42 bits per heavy atom. The number of hydrogen-bond acceptors (Lipinski definition) is 2. The molecule has 0 amide bonds. The van der Waals surface area contributed by atoms with Gasteiger partial charge < -0.3 is 4.98 Å². The summed E-state index contributed by atoms with van der Waals surface area (Å²) in [6.45, 7) is 2.07. The lowest BCUT2D eigenvalue weighted by Crippen LogP contribution is -1.86. The molecule has 0 fully saturated rings. The van der Waals surface area contributed by atoms with Crippen LogP contribution in [0.3, 0.4) is 0 Å². The van der Waals surface area contributed by atoms with Crippen molar-refractivity contribution in [3.8, 4) is 0 Å². The number of aromatic nitrogens is 3. The van der Waals surface area contributed by atoms with E-state index in [0.29, 0.717) is 0 Å². The number of nitrogens with one attached hydrogen (secondary N) is 1. The van der Waals surface area contributed by atoms with Gasteiger partial charge in [0, 0.05) is 6.20 Å². The van der Waals surface area contributed by atoms with Crippen LogP contribution in [-0.4, -0.2) is 15.0 Å². The normalized spacial score (nSPS) is 10.8. The van der Waals surface area contributed by atoms with Gasteiger partial charge in [0.15, 0.2) is 4.73 Å². The molecule has 0 aliphatic rings. The number of aryl methyl sites for hydroxylation is 1. The van der Waals surface area contributed by atoms with Crippen LogP contribution in [0.5, 0.6) is 0 Å². The van der Waals surface area contributed by atoms with Gasteiger partial charge in [-0.05, 0) is 28.4 Å². The highest BCUT2D eigenvalue weighted by Crippen LogP contribution is 2.16. The number of nitrogens with zero attached hydrogens (tertiary/aromatic N) is 2. The highest BCUT2D eigenvalue weighted by atomic mass is 79.9. The molecule has 0 aliphatic carbocycles. The first-order valence-corrected chi connectivity index (χ1v) is 4.59. The molecule has 0 atom stereocenters. The molecule has 4 heteroatoms. The molecule has 1 N–H and O–H groups in total. The smallest absolute Gasteiger partial charge is 0.175 e. The molecule has 0 radical (unpaired) electrons. The van der Waals surface area contributed by atoms with Crippen molar-refractivity contribution < 1.29 is 0 Å². The highest BCUT2D eigenvalue weighted by Gasteiger charge is 2.04. The van der Waals surface area contributed by atoms with Crippen molar-refractivity contribution in [2.75, 3.05) is 0 Å². The van der Waals surface area contributed by atoms with E-state index < -0.39 is 0 Å². The van der Waals surface area contributed by atoms with E-state index in [1.165, 1.54) is 0 Å². The molecule has 0 aliphatic heterocycles. The number of pyridine rings is 1. The molecule has 0 saturated carbocycles. The molecule has 12 heavy (non-hydrogen) atoms. The Morgan fingerprint density at radius 3 is 3.17 bits per heavy atom. The summed E-state index contributed by atoms with van der Waals surface area (Å²) in [5.74, 6) is 0. The molecule has 62 valence electrons. The number of H-pyrrole nitrogens is 1. The van der Waals surface area contributed by atoms with Gasteiger partial charge in [0.2, 0.25) is 0 Å². The second-order valence-corrected chi connectivity index (χ2v) is 3.29. The first-order chi connectivity index (χ1) is 5.81. The van der Waals surface area contributed by atoms with Gasteiger partial charge in [-0.15, -0.1) is 0 Å². The highest BCUT2D eigenvalue weighted by molar-refractivity contribution is 9.10. The third-order valence-electron chi connectivity index (χ3n) is 1.78. The maximum atomic E-state index is 4.28. The molecular weight excluding hydrogens is 218 g/mol. The van der Waals surface area contributed by atoms with Gasteiger partial charge >= 0.3 is 0 Å². The lowest BCUT2D eigenvalue weighted by molar-refractivity contribution is 1.05. The minimum Gasteiger partial charge on any atom is -0.332 e. The van der Waals surface area contributed by atoms with E-state index in [0.717, 1.165) is 27.9 Å². The molecule has 0 saturated heterocycles. The van der Waals surface area contributed by atoms with Crippen molar-refractivity contribution >= 4 is 27.0 Å². The quantitative estimate of drug-likeness (QED) is 0.810. The maximum absolute atomic E-state index is 4.28. The number of rotatable bonds is 1. The number of halogens is 1. The van der Waals surface area contributed by atoms with Crippen LogP contribution in [0.15, 0.2) is 17.0 Å². The van der Waals surface area contributed by atoms with Crippen LogP contribution >= 0.6 is 15.9 Å². The Bertz CT molecular complexity index is 408. The van der Waals surface area contributed by atoms with Crippen LogP contribution in [0.1, 0.15) is 12.6 Å². The fraction of sp³-hybridized carbons (Fsp3) is 0.250. The van der Waals surface area contributed by atoms with Crippen LogP contribution in [0, 0.1) is 0 Å². The van der Waals surface area contributed by atoms with E-state index >= 15 is 0 Å². The minimum atomic E-state index is 0.764. The molecule has 2 aromatic heterocycles. The first kappa shape index (κ1) is 7.73. The van der Waals surface area contributed by atoms with E-state index in [9.17, 15) is 0 Å². The number of aromatic amines is 1. The van der Waals surface area contributed by atoms with Crippen LogP contribution in [0.2, 0.25) is 0 Å². The van der Waals surface area contributed by atoms with E-state index in [1.54, 1.807) is 6.20 Å². The second-order valence-electron chi connectivity index (χ2n) is 2.53. The summed E-state index contributed by atoms with van der Waals surface area (Å²) in [4.78, 5) is 11.6. The van der Waals surface area contributed by atoms with E-state index in [-0.39, 0.29) is 0 Å². The molecular formula is C8H8BrN3. The summed E-state index contributed by atoms with van der Waals surface area (Å²) in [6, 6.07) is 1.92. The predicted molar refractivity (Wildman–Crippen MR) is 51.0 cm³/mol. The minimum absolute atomic E-state index is 0.764. The summed E-state index contributed by atoms with van der Waals surface area (Å²) >= 11 is 3.29. The van der Waals surface area contributed by atoms with Crippen LogP contribution in [0.4, 0.5) is 0 Å². The number of fused-ring (bicyclic) bond motifs is 1. The van der Waals surface area contributed by atoms with Crippen molar-refractivity contribution in [2.24, 2.45) is 0 Å². The van der Waals surface area contributed by atoms with Gasteiger partial charge in [-0.1, -0.05) is 6.92 Å². The summed E-state index contributed by atoms with van der Waals surface area (Å²) < 4.78 is 0.764. The van der Waals surface area contributed by atoms with Gasteiger partial charge in [0.1, 0.15) is 5.52 Å². The molecule has 0 bridgehead atoms. The maximum Gasteiger partial charge on any atom is 0.175 e. The molecule has 0 aromatic carbocycles. The zero-order valence-electron chi connectivity index (χ0n) is 6.63. The zero-order valence-corrected chi connectivity index (χ0v) is 8.22. The predicted octanol–water partition coefficient (Wildman–Crippen LogP) is 2.28. The molecule has 2 aromatic rings. The van der Waals surface area contributed by atoms with Crippen molar-refractivity contribution in [1.29, 1.82) is 0 Å². The fourth-order valence-electron chi connectivity index (χ4n) is 1.22. The van der Waals surface area contributed by atoms with E-state index in [4.69, 9.17) is 0 Å². The van der Waals surface area contributed by atoms with Gasteiger partial charge in [-0.2, -0.15) is 0 Å². The third-order valence-corrected chi connectivity index (χ3v) is 2.16. The van der Waals surface area contributed by atoms with E-state index in [1.807, 2.05) is 6.07 Å². The largest absolute Gasteiger partial charge is 0.332 e. The summed E-state index contributed by atoms with van der Waals surface area (Å²) in [7, 11) is 0. The molecule has 3 nitrogen and oxygen atoms in total. The van der Waals surface area contributed by atoms with Crippen molar-refractivity contribution in [2.45, 2.75) is 13.3 Å². The fourth-order valence-corrected chi connectivity index (χ4v) is 1.61. The Labute approximate surface area is 78.4 Å². The van der Waals surface area contributed by atoms with Crippen LogP contribution < -0.4 is 0 Å². The average Bonchev–Trinajstić information content (AvgIpc) is 2.44. The second kappa shape index (κ2) is 2.86. The number of hydrogen-bond donors (Lipinski definition) is 1. The zero-order chi connectivity index (χ0) is 8.55. The monoisotopic (exact) mass is 225 g/mol. The summed E-state index contributed by atoms with van der Waals surface area (Å²) in [5.41, 5.74) is 3.04. The molecule has 0 spiro atoms.